The van der Waals surface area contributed by atoms with Crippen LogP contribution in [-0.2, 0) is 11.2 Å². The van der Waals surface area contributed by atoms with Crippen LogP contribution in [0.15, 0.2) is 48.5 Å². The maximum Gasteiger partial charge on any atom is 0.345 e. The van der Waals surface area contributed by atoms with E-state index in [1.165, 1.54) is 0 Å². The molecule has 0 aromatic heterocycles. The Bertz CT molecular complexity index is 596. The van der Waals surface area contributed by atoms with Gasteiger partial charge in [-0.2, -0.15) is 0 Å². The number of carboxylic acid groups (broad SMARTS) is 1. The van der Waals surface area contributed by atoms with Crippen molar-refractivity contribution >= 4 is 17.6 Å². The van der Waals surface area contributed by atoms with Gasteiger partial charge in [0.1, 0.15) is 5.75 Å². The number of aryl methyl sites for hydroxylation is 1. The minimum Gasteiger partial charge on any atom is -0.478 e. The molecule has 0 aliphatic rings. The third kappa shape index (κ3) is 3.75. The molecular weight excluding hydrogens is 276 g/mol. The lowest BCUT2D eigenvalue weighted by Crippen LogP contribution is -2.29. The van der Waals surface area contributed by atoms with E-state index in [2.05, 4.69) is 0 Å². The monoisotopic (exact) mass is 290 g/mol. The third-order valence-electron chi connectivity index (χ3n) is 2.95. The zero-order valence-corrected chi connectivity index (χ0v) is 11.8. The average Bonchev–Trinajstić information content (AvgIpc) is 2.43. The van der Waals surface area contributed by atoms with E-state index in [9.17, 15) is 9.90 Å². The summed E-state index contributed by atoms with van der Waals surface area (Å²) in [6.45, 7) is 1.90. The predicted molar refractivity (Wildman–Crippen MR) is 78.4 cm³/mol. The molecule has 0 spiro atoms. The third-order valence-corrected chi connectivity index (χ3v) is 3.36. The van der Waals surface area contributed by atoms with Crippen LogP contribution < -0.4 is 4.74 Å². The first-order chi connectivity index (χ1) is 9.56. The van der Waals surface area contributed by atoms with Crippen LogP contribution in [0.2, 0.25) is 5.02 Å². The van der Waals surface area contributed by atoms with E-state index in [0.29, 0.717) is 10.8 Å². The Morgan fingerprint density at radius 3 is 2.55 bits per heavy atom. The molecule has 2 aromatic rings. The van der Waals surface area contributed by atoms with E-state index in [-0.39, 0.29) is 6.42 Å². The van der Waals surface area contributed by atoms with Crippen molar-refractivity contribution in [1.29, 1.82) is 0 Å². The number of hydrogen-bond donors (Lipinski definition) is 1. The maximum absolute atomic E-state index is 11.3. The van der Waals surface area contributed by atoms with Gasteiger partial charge in [-0.3, -0.25) is 0 Å². The van der Waals surface area contributed by atoms with Gasteiger partial charge in [-0.15, -0.1) is 0 Å². The highest BCUT2D eigenvalue weighted by atomic mass is 35.5. The van der Waals surface area contributed by atoms with Crippen LogP contribution >= 0.6 is 11.6 Å². The molecule has 2 rings (SSSR count). The Morgan fingerprint density at radius 1 is 1.25 bits per heavy atom. The largest absolute Gasteiger partial charge is 0.478 e. The number of carbonyl (C=O) groups is 1. The topological polar surface area (TPSA) is 46.5 Å². The Balaban J connectivity index is 2.13. The Labute approximate surface area is 122 Å². The Kier molecular flexibility index (Phi) is 4.64. The van der Waals surface area contributed by atoms with Gasteiger partial charge in [-0.05, 0) is 36.2 Å². The fourth-order valence-electron chi connectivity index (χ4n) is 1.82. The van der Waals surface area contributed by atoms with Crippen molar-refractivity contribution in [1.82, 2.24) is 0 Å². The summed E-state index contributed by atoms with van der Waals surface area (Å²) in [6, 6.07) is 14.4. The number of carboxylic acids is 1. The molecule has 0 saturated carbocycles. The molecule has 0 aliphatic carbocycles. The fourth-order valence-corrected chi connectivity index (χ4v) is 2.02. The van der Waals surface area contributed by atoms with E-state index >= 15 is 0 Å². The molecule has 0 amide bonds. The molecule has 1 N–H and O–H groups in total. The highest BCUT2D eigenvalue weighted by molar-refractivity contribution is 6.31. The summed E-state index contributed by atoms with van der Waals surface area (Å²) in [5.74, 6) is -0.455. The molecule has 104 valence electrons. The molecule has 0 fully saturated rings. The summed E-state index contributed by atoms with van der Waals surface area (Å²) in [5, 5.41) is 9.89. The number of hydrogen-bond acceptors (Lipinski definition) is 2. The van der Waals surface area contributed by atoms with Crippen LogP contribution in [0, 0.1) is 6.92 Å². The average molecular weight is 291 g/mol. The van der Waals surface area contributed by atoms with Gasteiger partial charge >= 0.3 is 5.97 Å². The van der Waals surface area contributed by atoms with Crippen molar-refractivity contribution < 1.29 is 14.6 Å². The summed E-state index contributed by atoms with van der Waals surface area (Å²) >= 11 is 6.05. The van der Waals surface area contributed by atoms with E-state index in [1.54, 1.807) is 30.3 Å². The molecule has 0 bridgehead atoms. The van der Waals surface area contributed by atoms with Crippen molar-refractivity contribution in [2.45, 2.75) is 19.4 Å². The predicted octanol–water partition coefficient (Wildman–Crippen LogP) is 3.72. The van der Waals surface area contributed by atoms with Crippen molar-refractivity contribution in [3.05, 3.63) is 64.7 Å². The first-order valence-corrected chi connectivity index (χ1v) is 6.63. The molecule has 0 saturated heterocycles. The summed E-state index contributed by atoms with van der Waals surface area (Å²) in [5.41, 5.74) is 1.80. The van der Waals surface area contributed by atoms with Gasteiger partial charge in [0.15, 0.2) is 6.10 Å². The molecule has 0 heterocycles. The number of aliphatic carboxylic acids is 1. The van der Waals surface area contributed by atoms with Gasteiger partial charge in [-0.1, -0.05) is 41.9 Å². The molecule has 0 radical (unpaired) electrons. The molecule has 3 nitrogen and oxygen atoms in total. The van der Waals surface area contributed by atoms with Crippen LogP contribution in [0.1, 0.15) is 11.1 Å². The smallest absolute Gasteiger partial charge is 0.345 e. The van der Waals surface area contributed by atoms with Crippen molar-refractivity contribution in [2.75, 3.05) is 0 Å². The molecule has 20 heavy (non-hydrogen) atoms. The van der Waals surface area contributed by atoms with Gasteiger partial charge in [0.05, 0.1) is 0 Å². The first kappa shape index (κ1) is 14.4. The van der Waals surface area contributed by atoms with Gasteiger partial charge < -0.3 is 9.84 Å². The number of ether oxygens (including phenoxy) is 1. The van der Waals surface area contributed by atoms with Gasteiger partial charge in [0.25, 0.3) is 0 Å². The first-order valence-electron chi connectivity index (χ1n) is 6.26. The van der Waals surface area contributed by atoms with Crippen LogP contribution in [0.5, 0.6) is 5.75 Å². The van der Waals surface area contributed by atoms with E-state index in [0.717, 1.165) is 11.1 Å². The summed E-state index contributed by atoms with van der Waals surface area (Å²) in [4.78, 5) is 11.3. The SMILES string of the molecule is Cc1ccc(CC(Oc2ccccc2)C(=O)O)cc1Cl. The normalized spacial score (nSPS) is 11.9. The Morgan fingerprint density at radius 2 is 1.95 bits per heavy atom. The second-order valence-electron chi connectivity index (χ2n) is 4.55. The molecule has 4 heteroatoms. The lowest BCUT2D eigenvalue weighted by atomic mass is 10.1. The summed E-state index contributed by atoms with van der Waals surface area (Å²) in [7, 11) is 0. The number of halogens is 1. The van der Waals surface area contributed by atoms with Crippen molar-refractivity contribution in [3.63, 3.8) is 0 Å². The lowest BCUT2D eigenvalue weighted by molar-refractivity contribution is -0.145. The highest BCUT2D eigenvalue weighted by Gasteiger charge is 2.20. The molecule has 0 aliphatic heterocycles. The van der Waals surface area contributed by atoms with E-state index in [1.807, 2.05) is 25.1 Å². The number of para-hydroxylation sites is 1. The molecular formula is C16H15ClO3. The van der Waals surface area contributed by atoms with Crippen LogP contribution in [0.4, 0.5) is 0 Å². The van der Waals surface area contributed by atoms with Crippen molar-refractivity contribution in [3.8, 4) is 5.75 Å². The minimum atomic E-state index is -0.995. The van der Waals surface area contributed by atoms with E-state index < -0.39 is 12.1 Å². The zero-order chi connectivity index (χ0) is 14.5. The Hall–Kier alpha value is -2.00. The van der Waals surface area contributed by atoms with Gasteiger partial charge in [-0.25, -0.2) is 4.79 Å². The summed E-state index contributed by atoms with van der Waals surface area (Å²) < 4.78 is 5.51. The van der Waals surface area contributed by atoms with Crippen molar-refractivity contribution in [2.24, 2.45) is 0 Å². The minimum absolute atomic E-state index is 0.268. The molecule has 1 atom stereocenters. The lowest BCUT2D eigenvalue weighted by Gasteiger charge is -2.15. The van der Waals surface area contributed by atoms with E-state index in [4.69, 9.17) is 16.3 Å². The van der Waals surface area contributed by atoms with Crippen LogP contribution in [-0.4, -0.2) is 17.2 Å². The number of benzene rings is 2. The standard InChI is InChI=1S/C16H15ClO3/c1-11-7-8-12(9-14(11)17)10-15(16(18)19)20-13-5-3-2-4-6-13/h2-9,15H,10H2,1H3,(H,18,19). The second-order valence-corrected chi connectivity index (χ2v) is 4.95. The fraction of sp³-hybridized carbons (Fsp3) is 0.188. The zero-order valence-electron chi connectivity index (χ0n) is 11.0. The van der Waals surface area contributed by atoms with Gasteiger partial charge in [0.2, 0.25) is 0 Å². The van der Waals surface area contributed by atoms with Crippen LogP contribution in [0.25, 0.3) is 0 Å². The second kappa shape index (κ2) is 6.44. The maximum atomic E-state index is 11.3. The highest BCUT2D eigenvalue weighted by Crippen LogP contribution is 2.19. The molecule has 1 unspecified atom stereocenters. The molecule has 2 aromatic carbocycles. The quantitative estimate of drug-likeness (QED) is 0.913. The number of rotatable bonds is 5. The summed E-state index contributed by atoms with van der Waals surface area (Å²) in [6.07, 6.45) is -0.666. The van der Waals surface area contributed by atoms with Crippen LogP contribution in [0.3, 0.4) is 0 Å². The van der Waals surface area contributed by atoms with Gasteiger partial charge in [0, 0.05) is 11.4 Å².